The molecule has 1 amide bonds. The number of piperidine rings is 1. The molecule has 0 unspecified atom stereocenters. The summed E-state index contributed by atoms with van der Waals surface area (Å²) >= 11 is 0. The SMILES string of the molecule is COc1cc(NC(=O)[C@H]2CCCN(S(=O)(=O)c3ccc4c(c3)oc(=O)n4C)C2)cc(OC)c1. The van der Waals surface area contributed by atoms with Crippen molar-refractivity contribution in [1.29, 1.82) is 0 Å². The lowest BCUT2D eigenvalue weighted by atomic mass is 9.98. The topological polar surface area (TPSA) is 120 Å². The van der Waals surface area contributed by atoms with Crippen LogP contribution in [0.5, 0.6) is 11.5 Å². The molecule has 0 aliphatic carbocycles. The van der Waals surface area contributed by atoms with Crippen LogP contribution in [0.4, 0.5) is 5.69 Å². The highest BCUT2D eigenvalue weighted by molar-refractivity contribution is 7.89. The zero-order chi connectivity index (χ0) is 23.8. The van der Waals surface area contributed by atoms with E-state index in [4.69, 9.17) is 13.9 Å². The van der Waals surface area contributed by atoms with Crippen molar-refractivity contribution in [3.63, 3.8) is 0 Å². The molecule has 1 saturated heterocycles. The summed E-state index contributed by atoms with van der Waals surface area (Å²) in [5, 5.41) is 2.83. The number of hydrogen-bond acceptors (Lipinski definition) is 7. The molecule has 4 rings (SSSR count). The molecule has 2 aromatic carbocycles. The number of ether oxygens (including phenoxy) is 2. The molecule has 0 radical (unpaired) electrons. The summed E-state index contributed by atoms with van der Waals surface area (Å²) in [6.45, 7) is 0.349. The average molecular weight is 476 g/mol. The number of sulfonamides is 1. The Morgan fingerprint density at radius 1 is 1.12 bits per heavy atom. The van der Waals surface area contributed by atoms with Gasteiger partial charge in [-0.05, 0) is 25.0 Å². The van der Waals surface area contributed by atoms with Gasteiger partial charge in [0, 0.05) is 50.1 Å². The van der Waals surface area contributed by atoms with Crippen molar-refractivity contribution >= 4 is 32.7 Å². The summed E-state index contributed by atoms with van der Waals surface area (Å²) in [5.74, 6) is -0.317. The lowest BCUT2D eigenvalue weighted by Crippen LogP contribution is -2.43. The molecule has 1 fully saturated rings. The summed E-state index contributed by atoms with van der Waals surface area (Å²) in [5.41, 5.74) is 1.20. The average Bonchev–Trinajstić information content (AvgIpc) is 3.11. The molecule has 10 nitrogen and oxygen atoms in total. The highest BCUT2D eigenvalue weighted by atomic mass is 32.2. The van der Waals surface area contributed by atoms with Crippen LogP contribution < -0.4 is 20.5 Å². The van der Waals surface area contributed by atoms with Gasteiger partial charge in [0.15, 0.2) is 5.58 Å². The second-order valence-electron chi connectivity index (χ2n) is 7.85. The Kier molecular flexibility index (Phi) is 6.17. The van der Waals surface area contributed by atoms with Gasteiger partial charge in [-0.2, -0.15) is 4.31 Å². The van der Waals surface area contributed by atoms with Gasteiger partial charge >= 0.3 is 5.76 Å². The Morgan fingerprint density at radius 2 is 1.82 bits per heavy atom. The molecular weight excluding hydrogens is 450 g/mol. The fourth-order valence-electron chi connectivity index (χ4n) is 3.92. The number of aromatic nitrogens is 1. The van der Waals surface area contributed by atoms with E-state index in [0.717, 1.165) is 0 Å². The highest BCUT2D eigenvalue weighted by Gasteiger charge is 2.34. The molecule has 1 aliphatic heterocycles. The molecule has 11 heteroatoms. The standard InChI is InChI=1S/C22H25N3O7S/c1-24-19-7-6-18(12-20(19)32-22(24)27)33(28,29)25-8-4-5-14(13-25)21(26)23-15-9-16(30-2)11-17(10-15)31-3/h6-7,9-12,14H,4-5,8,13H2,1-3H3,(H,23,26)/t14-/m0/s1. The molecule has 176 valence electrons. The quantitative estimate of drug-likeness (QED) is 0.580. The van der Waals surface area contributed by atoms with E-state index in [0.29, 0.717) is 42.1 Å². The van der Waals surface area contributed by atoms with E-state index in [1.807, 2.05) is 0 Å². The highest BCUT2D eigenvalue weighted by Crippen LogP contribution is 2.29. The molecule has 1 aliphatic rings. The molecule has 33 heavy (non-hydrogen) atoms. The van der Waals surface area contributed by atoms with Crippen molar-refractivity contribution in [3.8, 4) is 11.5 Å². The summed E-state index contributed by atoms with van der Waals surface area (Å²) in [6, 6.07) is 9.35. The second-order valence-corrected chi connectivity index (χ2v) is 9.79. The minimum absolute atomic E-state index is 0.0166. The predicted octanol–water partition coefficient (Wildman–Crippen LogP) is 2.19. The fourth-order valence-corrected chi connectivity index (χ4v) is 5.46. The zero-order valence-corrected chi connectivity index (χ0v) is 19.3. The van der Waals surface area contributed by atoms with Gasteiger partial charge in [0.1, 0.15) is 11.5 Å². The molecular formula is C22H25N3O7S. The van der Waals surface area contributed by atoms with Crippen molar-refractivity contribution < 1.29 is 27.1 Å². The zero-order valence-electron chi connectivity index (χ0n) is 18.5. The number of oxazole rings is 1. The van der Waals surface area contributed by atoms with E-state index < -0.39 is 21.7 Å². The number of amides is 1. The number of nitrogens with zero attached hydrogens (tertiary/aromatic N) is 2. The molecule has 0 bridgehead atoms. The maximum Gasteiger partial charge on any atom is 0.419 e. The Labute approximate surface area is 190 Å². The number of aryl methyl sites for hydroxylation is 1. The lowest BCUT2D eigenvalue weighted by Gasteiger charge is -2.31. The van der Waals surface area contributed by atoms with Crippen LogP contribution in [-0.4, -0.2) is 50.5 Å². The molecule has 2 heterocycles. The first-order valence-corrected chi connectivity index (χ1v) is 11.8. The number of anilines is 1. The maximum atomic E-state index is 13.3. The summed E-state index contributed by atoms with van der Waals surface area (Å²) in [6.07, 6.45) is 1.10. The molecule has 1 atom stereocenters. The largest absolute Gasteiger partial charge is 0.497 e. The third-order valence-corrected chi connectivity index (χ3v) is 7.64. The monoisotopic (exact) mass is 475 g/mol. The summed E-state index contributed by atoms with van der Waals surface area (Å²) in [7, 11) is 0.706. The van der Waals surface area contributed by atoms with E-state index in [-0.39, 0.29) is 22.9 Å². The van der Waals surface area contributed by atoms with Crippen LogP contribution >= 0.6 is 0 Å². The number of fused-ring (bicyclic) bond motifs is 1. The van der Waals surface area contributed by atoms with Crippen LogP contribution in [0.1, 0.15) is 12.8 Å². The number of carbonyl (C=O) groups excluding carboxylic acids is 1. The van der Waals surface area contributed by atoms with E-state index in [1.165, 1.54) is 41.3 Å². The first-order chi connectivity index (χ1) is 15.7. The number of rotatable bonds is 6. The van der Waals surface area contributed by atoms with Crippen molar-refractivity contribution in [2.24, 2.45) is 13.0 Å². The van der Waals surface area contributed by atoms with Gasteiger partial charge < -0.3 is 19.2 Å². The molecule has 3 aromatic rings. The van der Waals surface area contributed by atoms with Crippen molar-refractivity contribution in [2.75, 3.05) is 32.6 Å². The van der Waals surface area contributed by atoms with Crippen LogP contribution in [0.15, 0.2) is 50.5 Å². The first kappa shape index (κ1) is 22.9. The molecule has 1 aromatic heterocycles. The normalized spacial score (nSPS) is 17.1. The number of methoxy groups -OCH3 is 2. The van der Waals surface area contributed by atoms with E-state index in [1.54, 1.807) is 25.2 Å². The Hall–Kier alpha value is -3.31. The number of benzene rings is 2. The smallest absolute Gasteiger partial charge is 0.419 e. The van der Waals surface area contributed by atoms with E-state index in [2.05, 4.69) is 5.32 Å². The third-order valence-electron chi connectivity index (χ3n) is 5.78. The third kappa shape index (κ3) is 4.46. The summed E-state index contributed by atoms with van der Waals surface area (Å²) < 4.78 is 44.7. The van der Waals surface area contributed by atoms with Gasteiger partial charge in [0.25, 0.3) is 0 Å². The van der Waals surface area contributed by atoms with E-state index in [9.17, 15) is 18.0 Å². The van der Waals surface area contributed by atoms with Crippen LogP contribution in [-0.2, 0) is 21.9 Å². The van der Waals surface area contributed by atoms with E-state index >= 15 is 0 Å². The van der Waals surface area contributed by atoms with Crippen molar-refractivity contribution in [2.45, 2.75) is 17.7 Å². The van der Waals surface area contributed by atoms with Crippen LogP contribution in [0, 0.1) is 5.92 Å². The predicted molar refractivity (Wildman–Crippen MR) is 121 cm³/mol. The molecule has 1 N–H and O–H groups in total. The van der Waals surface area contributed by atoms with Crippen molar-refractivity contribution in [1.82, 2.24) is 8.87 Å². The Bertz CT molecular complexity index is 1340. The Morgan fingerprint density at radius 3 is 2.48 bits per heavy atom. The van der Waals surface area contributed by atoms with Gasteiger partial charge in [-0.25, -0.2) is 13.2 Å². The lowest BCUT2D eigenvalue weighted by molar-refractivity contribution is -0.120. The fraction of sp³-hybridized carbons (Fsp3) is 0.364. The van der Waals surface area contributed by atoms with Gasteiger partial charge in [-0.3, -0.25) is 9.36 Å². The Balaban J connectivity index is 1.53. The minimum Gasteiger partial charge on any atom is -0.497 e. The van der Waals surface area contributed by atoms with Crippen LogP contribution in [0.2, 0.25) is 0 Å². The van der Waals surface area contributed by atoms with Crippen LogP contribution in [0.3, 0.4) is 0 Å². The van der Waals surface area contributed by atoms with Gasteiger partial charge in [-0.1, -0.05) is 0 Å². The number of hydrogen-bond donors (Lipinski definition) is 1. The molecule has 0 spiro atoms. The minimum atomic E-state index is -3.88. The first-order valence-electron chi connectivity index (χ1n) is 10.4. The van der Waals surface area contributed by atoms with Gasteiger partial charge in [0.05, 0.1) is 30.5 Å². The molecule has 0 saturated carbocycles. The summed E-state index contributed by atoms with van der Waals surface area (Å²) in [4.78, 5) is 24.7. The van der Waals surface area contributed by atoms with Gasteiger partial charge in [0.2, 0.25) is 15.9 Å². The van der Waals surface area contributed by atoms with Gasteiger partial charge in [-0.15, -0.1) is 0 Å². The number of carbonyl (C=O) groups is 1. The number of nitrogens with one attached hydrogen (secondary N) is 1. The second kappa shape index (κ2) is 8.91. The van der Waals surface area contributed by atoms with Crippen LogP contribution in [0.25, 0.3) is 11.1 Å². The maximum absolute atomic E-state index is 13.3. The van der Waals surface area contributed by atoms with Crippen molar-refractivity contribution in [3.05, 3.63) is 46.9 Å².